The summed E-state index contributed by atoms with van der Waals surface area (Å²) in [5.41, 5.74) is 2.33. The molecule has 2 aliphatic rings. The highest BCUT2D eigenvalue weighted by atomic mass is 35.5. The van der Waals surface area contributed by atoms with Gasteiger partial charge in [0, 0.05) is 5.02 Å². The molecule has 2 amide bonds. The molecule has 0 spiro atoms. The Morgan fingerprint density at radius 2 is 1.37 bits per heavy atom. The maximum absolute atomic E-state index is 13.7. The van der Waals surface area contributed by atoms with Gasteiger partial charge < -0.3 is 4.74 Å². The molecular weight excluding hydrogens is 504 g/mol. The number of carbonyl (C=O) groups is 3. The topological polar surface area (TPSA) is 76.2 Å². The normalized spacial score (nSPS) is 20.5. The fourth-order valence-electron chi connectivity index (χ4n) is 4.87. The molecule has 0 bridgehead atoms. The van der Waals surface area contributed by atoms with Crippen LogP contribution in [0.15, 0.2) is 109 Å². The maximum atomic E-state index is 13.7. The van der Waals surface area contributed by atoms with Crippen molar-refractivity contribution < 1.29 is 24.0 Å². The molecule has 4 aromatic rings. The first-order chi connectivity index (χ1) is 18.5. The Labute approximate surface area is 223 Å². The third kappa shape index (κ3) is 4.22. The standard InChI is InChI=1S/C30H21ClN2O5/c31-21-13-15-22(16-14-21)32-28(34)25-26(33(38-27(25)29(32)35)23-9-5-2-6-10-23)19-11-17-24(18-12-19)37-30(36)20-7-3-1-4-8-20/h1-18,25-27H/t25-,26+,27+/m1/s1. The van der Waals surface area contributed by atoms with Gasteiger partial charge in [-0.1, -0.05) is 60.1 Å². The second-order valence-corrected chi connectivity index (χ2v) is 9.41. The summed E-state index contributed by atoms with van der Waals surface area (Å²) < 4.78 is 5.52. The molecule has 188 valence electrons. The number of hydrogen-bond acceptors (Lipinski definition) is 6. The van der Waals surface area contributed by atoms with Crippen LogP contribution in [0.4, 0.5) is 11.4 Å². The molecule has 2 saturated heterocycles. The van der Waals surface area contributed by atoms with E-state index in [1.54, 1.807) is 77.9 Å². The number of carbonyl (C=O) groups excluding carboxylic acids is 3. The van der Waals surface area contributed by atoms with E-state index >= 15 is 0 Å². The number of nitrogens with zero attached hydrogens (tertiary/aromatic N) is 2. The molecule has 0 unspecified atom stereocenters. The second kappa shape index (κ2) is 9.78. The van der Waals surface area contributed by atoms with Crippen molar-refractivity contribution in [2.45, 2.75) is 12.1 Å². The Bertz CT molecular complexity index is 1490. The van der Waals surface area contributed by atoms with Crippen LogP contribution in [0.25, 0.3) is 0 Å². The van der Waals surface area contributed by atoms with Gasteiger partial charge in [-0.2, -0.15) is 0 Å². The van der Waals surface area contributed by atoms with E-state index in [4.69, 9.17) is 21.2 Å². The molecule has 2 heterocycles. The number of anilines is 2. The SMILES string of the molecule is O=C(Oc1ccc([C@H]2[C@H]3C(=O)N(c4ccc(Cl)cc4)C(=O)[C@H]3ON2c2ccccc2)cc1)c1ccccc1. The number of rotatable bonds is 5. The van der Waals surface area contributed by atoms with Gasteiger partial charge in [-0.3, -0.25) is 14.4 Å². The summed E-state index contributed by atoms with van der Waals surface area (Å²) in [6.07, 6.45) is -0.987. The quantitative estimate of drug-likeness (QED) is 0.192. The van der Waals surface area contributed by atoms with Gasteiger partial charge in [0.1, 0.15) is 11.7 Å². The average Bonchev–Trinajstić information content (AvgIpc) is 3.46. The van der Waals surface area contributed by atoms with Crippen LogP contribution in [0.2, 0.25) is 5.02 Å². The summed E-state index contributed by atoms with van der Waals surface area (Å²) in [4.78, 5) is 46.9. The summed E-state index contributed by atoms with van der Waals surface area (Å²) in [6, 6.07) is 30.9. The molecule has 0 N–H and O–H groups in total. The molecule has 0 aliphatic carbocycles. The first-order valence-corrected chi connectivity index (χ1v) is 12.4. The van der Waals surface area contributed by atoms with Crippen molar-refractivity contribution in [2.75, 3.05) is 9.96 Å². The Balaban J connectivity index is 1.32. The molecule has 8 heteroatoms. The zero-order valence-electron chi connectivity index (χ0n) is 19.9. The smallest absolute Gasteiger partial charge is 0.343 e. The van der Waals surface area contributed by atoms with Gasteiger partial charge in [0.2, 0.25) is 5.91 Å². The number of amides is 2. The van der Waals surface area contributed by atoms with E-state index in [2.05, 4.69) is 0 Å². The van der Waals surface area contributed by atoms with E-state index in [1.807, 2.05) is 36.4 Å². The average molecular weight is 525 g/mol. The van der Waals surface area contributed by atoms with Crippen molar-refractivity contribution in [3.05, 3.63) is 125 Å². The summed E-state index contributed by atoms with van der Waals surface area (Å²) in [6.45, 7) is 0. The van der Waals surface area contributed by atoms with E-state index in [-0.39, 0.29) is 5.91 Å². The van der Waals surface area contributed by atoms with Gasteiger partial charge in [-0.15, -0.1) is 0 Å². The van der Waals surface area contributed by atoms with Crippen molar-refractivity contribution in [1.82, 2.24) is 0 Å². The van der Waals surface area contributed by atoms with Crippen LogP contribution in [0, 0.1) is 5.92 Å². The number of halogens is 1. The lowest BCUT2D eigenvalue weighted by atomic mass is 9.90. The first kappa shape index (κ1) is 23.9. The van der Waals surface area contributed by atoms with Crippen molar-refractivity contribution in [1.29, 1.82) is 0 Å². The molecule has 0 aromatic heterocycles. The van der Waals surface area contributed by atoms with Gasteiger partial charge in [-0.25, -0.2) is 14.8 Å². The van der Waals surface area contributed by atoms with Crippen LogP contribution in [-0.4, -0.2) is 23.9 Å². The third-order valence-corrected chi connectivity index (χ3v) is 6.90. The summed E-state index contributed by atoms with van der Waals surface area (Å²) >= 11 is 6.01. The zero-order chi connectivity index (χ0) is 26.2. The lowest BCUT2D eigenvalue weighted by Gasteiger charge is -2.28. The number of para-hydroxylation sites is 1. The number of hydroxylamine groups is 1. The predicted molar refractivity (Wildman–Crippen MR) is 142 cm³/mol. The van der Waals surface area contributed by atoms with E-state index in [9.17, 15) is 14.4 Å². The van der Waals surface area contributed by atoms with Crippen molar-refractivity contribution in [3.63, 3.8) is 0 Å². The van der Waals surface area contributed by atoms with E-state index < -0.39 is 29.9 Å². The van der Waals surface area contributed by atoms with Gasteiger partial charge in [0.25, 0.3) is 5.91 Å². The fraction of sp³-hybridized carbons (Fsp3) is 0.100. The Hall–Kier alpha value is -4.46. The highest BCUT2D eigenvalue weighted by Gasteiger charge is 2.60. The minimum atomic E-state index is -0.987. The number of imide groups is 1. The molecule has 0 radical (unpaired) electrons. The Kier molecular flexibility index (Phi) is 6.15. The van der Waals surface area contributed by atoms with E-state index in [0.29, 0.717) is 27.7 Å². The lowest BCUT2D eigenvalue weighted by molar-refractivity contribution is -0.126. The molecule has 7 nitrogen and oxygen atoms in total. The summed E-state index contributed by atoms with van der Waals surface area (Å²) in [5, 5.41) is 2.13. The van der Waals surface area contributed by atoms with Crippen molar-refractivity contribution >= 4 is 40.8 Å². The number of ether oxygens (including phenoxy) is 1. The highest BCUT2D eigenvalue weighted by molar-refractivity contribution is 6.31. The fourth-order valence-corrected chi connectivity index (χ4v) is 5.00. The lowest BCUT2D eigenvalue weighted by Crippen LogP contribution is -2.37. The van der Waals surface area contributed by atoms with E-state index in [1.165, 1.54) is 0 Å². The molecule has 2 fully saturated rings. The minimum Gasteiger partial charge on any atom is -0.423 e. The van der Waals surface area contributed by atoms with E-state index in [0.717, 1.165) is 10.5 Å². The van der Waals surface area contributed by atoms with Gasteiger partial charge in [-0.05, 0) is 66.2 Å². The van der Waals surface area contributed by atoms with Crippen molar-refractivity contribution in [2.24, 2.45) is 5.92 Å². The van der Waals surface area contributed by atoms with Crippen LogP contribution in [0.3, 0.4) is 0 Å². The number of fused-ring (bicyclic) bond motifs is 1. The van der Waals surface area contributed by atoms with Crippen LogP contribution in [0.1, 0.15) is 22.0 Å². The summed E-state index contributed by atoms with van der Waals surface area (Å²) in [7, 11) is 0. The Morgan fingerprint density at radius 1 is 0.737 bits per heavy atom. The molecular formula is C30H21ClN2O5. The first-order valence-electron chi connectivity index (χ1n) is 12.0. The third-order valence-electron chi connectivity index (χ3n) is 6.65. The second-order valence-electron chi connectivity index (χ2n) is 8.97. The van der Waals surface area contributed by atoms with Gasteiger partial charge in [0.15, 0.2) is 6.10 Å². The monoisotopic (exact) mass is 524 g/mol. The minimum absolute atomic E-state index is 0.356. The molecule has 6 rings (SSSR count). The molecule has 0 saturated carbocycles. The Morgan fingerprint density at radius 3 is 2.03 bits per heavy atom. The number of benzene rings is 4. The molecule has 3 atom stereocenters. The summed E-state index contributed by atoms with van der Waals surface area (Å²) in [5.74, 6) is -1.68. The predicted octanol–water partition coefficient (Wildman–Crippen LogP) is 5.61. The molecule has 4 aromatic carbocycles. The molecule has 2 aliphatic heterocycles. The van der Waals surface area contributed by atoms with Gasteiger partial charge in [0.05, 0.1) is 23.0 Å². The van der Waals surface area contributed by atoms with Crippen molar-refractivity contribution in [3.8, 4) is 5.75 Å². The van der Waals surface area contributed by atoms with Crippen LogP contribution in [-0.2, 0) is 14.4 Å². The highest BCUT2D eigenvalue weighted by Crippen LogP contribution is 2.47. The van der Waals surface area contributed by atoms with Crippen LogP contribution < -0.4 is 14.7 Å². The largest absolute Gasteiger partial charge is 0.423 e. The maximum Gasteiger partial charge on any atom is 0.343 e. The molecule has 38 heavy (non-hydrogen) atoms. The van der Waals surface area contributed by atoms with Crippen LogP contribution >= 0.6 is 11.6 Å². The van der Waals surface area contributed by atoms with Gasteiger partial charge >= 0.3 is 5.97 Å². The number of hydrogen-bond donors (Lipinski definition) is 0. The van der Waals surface area contributed by atoms with Crippen LogP contribution in [0.5, 0.6) is 5.75 Å². The zero-order valence-corrected chi connectivity index (χ0v) is 20.7. The number of esters is 1.